The van der Waals surface area contributed by atoms with Gasteiger partial charge >= 0.3 is 0 Å². The van der Waals surface area contributed by atoms with Gasteiger partial charge < -0.3 is 5.32 Å². The first-order valence-corrected chi connectivity index (χ1v) is 8.37. The number of rotatable bonds is 7. The molecule has 0 bridgehead atoms. The van der Waals surface area contributed by atoms with Crippen molar-refractivity contribution in [3.05, 3.63) is 34.9 Å². The molecule has 0 saturated heterocycles. The maximum Gasteiger partial charge on any atom is -0.00148 e. The summed E-state index contributed by atoms with van der Waals surface area (Å²) in [5.74, 6) is 2.22. The Balaban J connectivity index is 1.93. The number of hydrogen-bond donors (Lipinski definition) is 1. The smallest absolute Gasteiger partial charge is 0.00148 e. The van der Waals surface area contributed by atoms with Gasteiger partial charge in [0.2, 0.25) is 0 Å². The molecule has 0 aromatic heterocycles. The lowest BCUT2D eigenvalue weighted by Gasteiger charge is -2.22. The van der Waals surface area contributed by atoms with Crippen LogP contribution in [0.2, 0.25) is 0 Å². The first-order chi connectivity index (χ1) is 9.56. The summed E-state index contributed by atoms with van der Waals surface area (Å²) in [6.45, 7) is 11.5. The molecule has 0 amide bonds. The molecule has 1 aromatic rings. The van der Waals surface area contributed by atoms with Crippen LogP contribution in [0.4, 0.5) is 0 Å². The van der Waals surface area contributed by atoms with Crippen LogP contribution >= 0.6 is 0 Å². The van der Waals surface area contributed by atoms with Crippen LogP contribution in [-0.4, -0.2) is 13.1 Å². The molecule has 20 heavy (non-hydrogen) atoms. The molecule has 2 rings (SSSR count). The highest BCUT2D eigenvalue weighted by Gasteiger charge is 2.16. The average molecular weight is 273 g/mol. The highest BCUT2D eigenvalue weighted by Crippen LogP contribution is 2.25. The summed E-state index contributed by atoms with van der Waals surface area (Å²) < 4.78 is 0. The second kappa shape index (κ2) is 7.26. The summed E-state index contributed by atoms with van der Waals surface area (Å²) in [5.41, 5.74) is 4.74. The third-order valence-corrected chi connectivity index (χ3v) is 4.56. The normalized spacial score (nSPS) is 15.9. The van der Waals surface area contributed by atoms with Crippen molar-refractivity contribution in [2.75, 3.05) is 13.1 Å². The number of fused-ring (bicyclic) bond motifs is 1. The zero-order valence-electron chi connectivity index (χ0n) is 13.7. The molecule has 0 spiro atoms. The van der Waals surface area contributed by atoms with Gasteiger partial charge in [-0.05, 0) is 73.2 Å². The highest BCUT2D eigenvalue weighted by molar-refractivity contribution is 5.35. The van der Waals surface area contributed by atoms with Crippen LogP contribution in [0, 0.1) is 17.8 Å². The molecule has 0 radical (unpaired) electrons. The monoisotopic (exact) mass is 273 g/mol. The molecular weight excluding hydrogens is 242 g/mol. The van der Waals surface area contributed by atoms with E-state index in [4.69, 9.17) is 0 Å². The Morgan fingerprint density at radius 2 is 1.75 bits per heavy atom. The Kier molecular flexibility index (Phi) is 5.65. The lowest BCUT2D eigenvalue weighted by Crippen LogP contribution is -2.30. The van der Waals surface area contributed by atoms with E-state index in [0.29, 0.717) is 0 Å². The Morgan fingerprint density at radius 1 is 1.00 bits per heavy atom. The Morgan fingerprint density at radius 3 is 2.45 bits per heavy atom. The predicted molar refractivity (Wildman–Crippen MR) is 88.2 cm³/mol. The van der Waals surface area contributed by atoms with E-state index in [9.17, 15) is 0 Å². The first-order valence-electron chi connectivity index (χ1n) is 8.37. The zero-order chi connectivity index (χ0) is 14.5. The van der Waals surface area contributed by atoms with Crippen molar-refractivity contribution >= 4 is 0 Å². The van der Waals surface area contributed by atoms with Crippen LogP contribution in [0.5, 0.6) is 0 Å². The van der Waals surface area contributed by atoms with Gasteiger partial charge in [-0.25, -0.2) is 0 Å². The van der Waals surface area contributed by atoms with E-state index < -0.39 is 0 Å². The summed E-state index contributed by atoms with van der Waals surface area (Å²) in [4.78, 5) is 0. The topological polar surface area (TPSA) is 12.0 Å². The summed E-state index contributed by atoms with van der Waals surface area (Å²) in [6.07, 6.45) is 5.15. The number of nitrogens with one attached hydrogen (secondary N) is 1. The number of hydrogen-bond acceptors (Lipinski definition) is 1. The molecule has 1 unspecified atom stereocenters. The molecule has 0 saturated carbocycles. The molecule has 1 aromatic carbocycles. The van der Waals surface area contributed by atoms with E-state index in [1.54, 1.807) is 11.1 Å². The van der Waals surface area contributed by atoms with E-state index in [1.807, 2.05) is 0 Å². The molecule has 1 atom stereocenters. The minimum absolute atomic E-state index is 0.739. The molecular formula is C19H31N. The van der Waals surface area contributed by atoms with Crippen LogP contribution in [0.25, 0.3) is 0 Å². The SMILES string of the molecule is CC(C)CNCC(Cc1ccc2c(c1)CCC2)C(C)C. The molecule has 112 valence electrons. The third-order valence-electron chi connectivity index (χ3n) is 4.56. The number of aryl methyl sites for hydroxylation is 2. The Bertz CT molecular complexity index is 420. The quantitative estimate of drug-likeness (QED) is 0.783. The Hall–Kier alpha value is -0.820. The van der Waals surface area contributed by atoms with E-state index in [1.165, 1.54) is 31.2 Å². The fraction of sp³-hybridized carbons (Fsp3) is 0.684. The lowest BCUT2D eigenvalue weighted by atomic mass is 9.88. The fourth-order valence-electron chi connectivity index (χ4n) is 3.16. The Labute approximate surface area is 125 Å². The van der Waals surface area contributed by atoms with Gasteiger partial charge in [-0.15, -0.1) is 0 Å². The maximum atomic E-state index is 3.64. The molecule has 1 N–H and O–H groups in total. The van der Waals surface area contributed by atoms with Gasteiger partial charge in [-0.3, -0.25) is 0 Å². The summed E-state index contributed by atoms with van der Waals surface area (Å²) in [6, 6.07) is 7.21. The molecule has 1 aliphatic carbocycles. The zero-order valence-corrected chi connectivity index (χ0v) is 13.7. The summed E-state index contributed by atoms with van der Waals surface area (Å²) in [7, 11) is 0. The molecule has 1 aliphatic rings. The van der Waals surface area contributed by atoms with Crippen LogP contribution in [0.15, 0.2) is 18.2 Å². The fourth-order valence-corrected chi connectivity index (χ4v) is 3.16. The van der Waals surface area contributed by atoms with Crippen molar-refractivity contribution < 1.29 is 0 Å². The number of benzene rings is 1. The van der Waals surface area contributed by atoms with Gasteiger partial charge in [-0.1, -0.05) is 45.9 Å². The van der Waals surface area contributed by atoms with Crippen LogP contribution in [0.3, 0.4) is 0 Å². The van der Waals surface area contributed by atoms with Gasteiger partial charge in [0.05, 0.1) is 0 Å². The second-order valence-corrected chi connectivity index (χ2v) is 7.22. The highest BCUT2D eigenvalue weighted by atomic mass is 14.9. The van der Waals surface area contributed by atoms with Crippen molar-refractivity contribution in [2.45, 2.75) is 53.4 Å². The van der Waals surface area contributed by atoms with Gasteiger partial charge in [0, 0.05) is 0 Å². The van der Waals surface area contributed by atoms with Gasteiger partial charge in [0.1, 0.15) is 0 Å². The van der Waals surface area contributed by atoms with E-state index in [2.05, 4.69) is 51.2 Å². The average Bonchev–Trinajstić information content (AvgIpc) is 2.84. The van der Waals surface area contributed by atoms with Crippen molar-refractivity contribution in [1.82, 2.24) is 5.32 Å². The minimum atomic E-state index is 0.739. The summed E-state index contributed by atoms with van der Waals surface area (Å²) >= 11 is 0. The van der Waals surface area contributed by atoms with Crippen molar-refractivity contribution in [1.29, 1.82) is 0 Å². The van der Waals surface area contributed by atoms with Gasteiger partial charge in [0.15, 0.2) is 0 Å². The van der Waals surface area contributed by atoms with Crippen LogP contribution in [-0.2, 0) is 19.3 Å². The summed E-state index contributed by atoms with van der Waals surface area (Å²) in [5, 5.41) is 3.64. The second-order valence-electron chi connectivity index (χ2n) is 7.22. The maximum absolute atomic E-state index is 3.64. The van der Waals surface area contributed by atoms with Gasteiger partial charge in [-0.2, -0.15) is 0 Å². The van der Waals surface area contributed by atoms with Crippen molar-refractivity contribution in [3.8, 4) is 0 Å². The van der Waals surface area contributed by atoms with Crippen LogP contribution in [0.1, 0.15) is 50.8 Å². The molecule has 1 heteroatoms. The molecule has 0 heterocycles. The standard InChI is InChI=1S/C19H31N/c1-14(2)12-20-13-19(15(3)4)11-16-8-9-17-6-5-7-18(17)10-16/h8-10,14-15,19-20H,5-7,11-13H2,1-4H3. The molecule has 1 nitrogen and oxygen atoms in total. The van der Waals surface area contributed by atoms with Crippen LogP contribution < -0.4 is 5.32 Å². The third kappa shape index (κ3) is 4.34. The van der Waals surface area contributed by atoms with E-state index >= 15 is 0 Å². The van der Waals surface area contributed by atoms with E-state index in [0.717, 1.165) is 30.8 Å². The predicted octanol–water partition coefficient (Wildman–Crippen LogP) is 4.24. The molecule has 0 fully saturated rings. The van der Waals surface area contributed by atoms with Crippen molar-refractivity contribution in [2.24, 2.45) is 17.8 Å². The molecule has 0 aliphatic heterocycles. The first kappa shape index (κ1) is 15.6. The van der Waals surface area contributed by atoms with Crippen molar-refractivity contribution in [3.63, 3.8) is 0 Å². The largest absolute Gasteiger partial charge is 0.316 e. The lowest BCUT2D eigenvalue weighted by molar-refractivity contribution is 0.352. The van der Waals surface area contributed by atoms with E-state index in [-0.39, 0.29) is 0 Å². The van der Waals surface area contributed by atoms with Gasteiger partial charge in [0.25, 0.3) is 0 Å². The minimum Gasteiger partial charge on any atom is -0.316 e.